The van der Waals surface area contributed by atoms with Gasteiger partial charge in [-0.2, -0.15) is 5.26 Å². The second kappa shape index (κ2) is 4.02. The third kappa shape index (κ3) is 2.36. The fourth-order valence-corrected chi connectivity index (χ4v) is 2.49. The van der Waals surface area contributed by atoms with Gasteiger partial charge >= 0.3 is 0 Å². The smallest absolute Gasteiger partial charge is 0.0686 e. The molecule has 1 aliphatic rings. The summed E-state index contributed by atoms with van der Waals surface area (Å²) < 4.78 is 0. The molecule has 2 nitrogen and oxygen atoms in total. The molecule has 0 bridgehead atoms. The van der Waals surface area contributed by atoms with Crippen molar-refractivity contribution in [2.45, 2.75) is 32.6 Å². The molecule has 2 rings (SSSR count). The lowest BCUT2D eigenvalue weighted by atomic mass is 9.88. The number of aromatic nitrogens is 1. The average Bonchev–Trinajstić information content (AvgIpc) is 2.63. The molecule has 15 heavy (non-hydrogen) atoms. The van der Waals surface area contributed by atoms with E-state index in [1.807, 2.05) is 12.3 Å². The minimum Gasteiger partial charge on any atom is -0.264 e. The minimum absolute atomic E-state index is 0.0765. The van der Waals surface area contributed by atoms with Crippen LogP contribution in [0.1, 0.15) is 31.7 Å². The molecule has 2 heteroatoms. The second-order valence-electron chi connectivity index (χ2n) is 4.85. The first-order chi connectivity index (χ1) is 7.22. The standard InChI is InChI=1S/C13H16N2/c1-13(10-14)5-4-11(8-13)7-12-3-2-6-15-9-12/h2-3,6,9,11H,4-5,7-8H2,1H3. The lowest BCUT2D eigenvalue weighted by Crippen LogP contribution is -2.09. The lowest BCUT2D eigenvalue weighted by molar-refractivity contribution is 0.426. The summed E-state index contributed by atoms with van der Waals surface area (Å²) in [7, 11) is 0. The Morgan fingerprint density at radius 2 is 2.53 bits per heavy atom. The third-order valence-corrected chi connectivity index (χ3v) is 3.36. The average molecular weight is 200 g/mol. The first-order valence-corrected chi connectivity index (χ1v) is 5.52. The summed E-state index contributed by atoms with van der Waals surface area (Å²) in [4.78, 5) is 4.12. The highest BCUT2D eigenvalue weighted by molar-refractivity contribution is 5.11. The van der Waals surface area contributed by atoms with Gasteiger partial charge in [-0.1, -0.05) is 6.07 Å². The van der Waals surface area contributed by atoms with Crippen LogP contribution in [0.3, 0.4) is 0 Å². The van der Waals surface area contributed by atoms with E-state index in [-0.39, 0.29) is 5.41 Å². The van der Waals surface area contributed by atoms with Crippen LogP contribution in [0.2, 0.25) is 0 Å². The molecule has 0 aliphatic heterocycles. The van der Waals surface area contributed by atoms with Crippen LogP contribution >= 0.6 is 0 Å². The highest BCUT2D eigenvalue weighted by Gasteiger charge is 2.34. The van der Waals surface area contributed by atoms with Crippen LogP contribution in [0, 0.1) is 22.7 Å². The van der Waals surface area contributed by atoms with E-state index < -0.39 is 0 Å². The van der Waals surface area contributed by atoms with Gasteiger partial charge in [0.15, 0.2) is 0 Å². The van der Waals surface area contributed by atoms with Gasteiger partial charge in [-0.15, -0.1) is 0 Å². The molecule has 0 saturated heterocycles. The minimum atomic E-state index is -0.0765. The van der Waals surface area contributed by atoms with Crippen molar-refractivity contribution in [3.8, 4) is 6.07 Å². The third-order valence-electron chi connectivity index (χ3n) is 3.36. The maximum Gasteiger partial charge on any atom is 0.0686 e. The van der Waals surface area contributed by atoms with Gasteiger partial charge in [0.05, 0.1) is 11.5 Å². The quantitative estimate of drug-likeness (QED) is 0.736. The number of hydrogen-bond acceptors (Lipinski definition) is 2. The zero-order valence-corrected chi connectivity index (χ0v) is 9.11. The summed E-state index contributed by atoms with van der Waals surface area (Å²) in [6.07, 6.45) is 8.08. The Morgan fingerprint density at radius 1 is 1.67 bits per heavy atom. The van der Waals surface area contributed by atoms with Crippen LogP contribution in [0.5, 0.6) is 0 Å². The van der Waals surface area contributed by atoms with Crippen molar-refractivity contribution in [2.24, 2.45) is 11.3 Å². The van der Waals surface area contributed by atoms with Gasteiger partial charge in [0.25, 0.3) is 0 Å². The van der Waals surface area contributed by atoms with Gasteiger partial charge in [-0.25, -0.2) is 0 Å². The van der Waals surface area contributed by atoms with Crippen LogP contribution < -0.4 is 0 Å². The Morgan fingerprint density at radius 3 is 3.13 bits per heavy atom. The predicted molar refractivity (Wildman–Crippen MR) is 59.0 cm³/mol. The van der Waals surface area contributed by atoms with Gasteiger partial charge in [-0.3, -0.25) is 4.98 Å². The van der Waals surface area contributed by atoms with Gasteiger partial charge in [0, 0.05) is 12.4 Å². The summed E-state index contributed by atoms with van der Waals surface area (Å²) in [6, 6.07) is 6.54. The Labute approximate surface area is 91.0 Å². The van der Waals surface area contributed by atoms with Crippen molar-refractivity contribution < 1.29 is 0 Å². The Bertz CT molecular complexity index is 366. The number of hydrogen-bond donors (Lipinski definition) is 0. The molecule has 1 saturated carbocycles. The molecule has 0 N–H and O–H groups in total. The van der Waals surface area contributed by atoms with E-state index in [9.17, 15) is 0 Å². The number of rotatable bonds is 2. The van der Waals surface area contributed by atoms with Crippen LogP contribution in [0.15, 0.2) is 24.5 Å². The van der Waals surface area contributed by atoms with Crippen molar-refractivity contribution in [1.82, 2.24) is 4.98 Å². The van der Waals surface area contributed by atoms with Crippen LogP contribution in [-0.4, -0.2) is 4.98 Å². The zero-order valence-electron chi connectivity index (χ0n) is 9.11. The number of pyridine rings is 1. The molecule has 2 unspecified atom stereocenters. The van der Waals surface area contributed by atoms with E-state index in [0.717, 1.165) is 19.3 Å². The first-order valence-electron chi connectivity index (χ1n) is 5.52. The molecular formula is C13H16N2. The molecule has 0 radical (unpaired) electrons. The summed E-state index contributed by atoms with van der Waals surface area (Å²) in [6.45, 7) is 2.08. The van der Waals surface area contributed by atoms with Crippen LogP contribution in [-0.2, 0) is 6.42 Å². The van der Waals surface area contributed by atoms with Crippen molar-refractivity contribution in [2.75, 3.05) is 0 Å². The Hall–Kier alpha value is -1.36. The predicted octanol–water partition coefficient (Wildman–Crippen LogP) is 2.95. The molecule has 0 aromatic carbocycles. The summed E-state index contributed by atoms with van der Waals surface area (Å²) >= 11 is 0. The molecule has 0 spiro atoms. The second-order valence-corrected chi connectivity index (χ2v) is 4.85. The molecule has 1 heterocycles. The monoisotopic (exact) mass is 200 g/mol. The summed E-state index contributed by atoms with van der Waals surface area (Å²) in [5, 5.41) is 9.05. The fourth-order valence-electron chi connectivity index (χ4n) is 2.49. The van der Waals surface area contributed by atoms with Crippen molar-refractivity contribution in [3.05, 3.63) is 30.1 Å². The van der Waals surface area contributed by atoms with Crippen LogP contribution in [0.4, 0.5) is 0 Å². The van der Waals surface area contributed by atoms with Crippen molar-refractivity contribution in [1.29, 1.82) is 5.26 Å². The topological polar surface area (TPSA) is 36.7 Å². The Balaban J connectivity index is 1.97. The van der Waals surface area contributed by atoms with E-state index in [2.05, 4.69) is 24.0 Å². The summed E-state index contributed by atoms with van der Waals surface area (Å²) in [5.41, 5.74) is 1.22. The lowest BCUT2D eigenvalue weighted by Gasteiger charge is -2.13. The molecule has 0 amide bonds. The van der Waals surface area contributed by atoms with Crippen molar-refractivity contribution >= 4 is 0 Å². The molecule has 2 atom stereocenters. The van der Waals surface area contributed by atoms with Gasteiger partial charge in [0.1, 0.15) is 0 Å². The maximum atomic E-state index is 9.05. The molecule has 1 aromatic rings. The molecule has 1 aliphatic carbocycles. The summed E-state index contributed by atoms with van der Waals surface area (Å²) in [5.74, 6) is 0.666. The van der Waals surface area contributed by atoms with Gasteiger partial charge < -0.3 is 0 Å². The van der Waals surface area contributed by atoms with E-state index >= 15 is 0 Å². The van der Waals surface area contributed by atoms with Gasteiger partial charge in [-0.05, 0) is 50.2 Å². The van der Waals surface area contributed by atoms with Gasteiger partial charge in [0.2, 0.25) is 0 Å². The number of nitriles is 1. The fraction of sp³-hybridized carbons (Fsp3) is 0.538. The normalized spacial score (nSPS) is 30.0. The SMILES string of the molecule is CC1(C#N)CCC(Cc2cccnc2)C1. The molecule has 1 aromatic heterocycles. The van der Waals surface area contributed by atoms with E-state index in [4.69, 9.17) is 5.26 Å². The Kier molecular flexibility index (Phi) is 2.73. The van der Waals surface area contributed by atoms with E-state index in [1.54, 1.807) is 6.20 Å². The highest BCUT2D eigenvalue weighted by atomic mass is 14.6. The first kappa shape index (κ1) is 10.2. The molecule has 1 fully saturated rings. The molecular weight excluding hydrogens is 184 g/mol. The van der Waals surface area contributed by atoms with Crippen molar-refractivity contribution in [3.63, 3.8) is 0 Å². The van der Waals surface area contributed by atoms with E-state index in [1.165, 1.54) is 12.0 Å². The molecule has 78 valence electrons. The maximum absolute atomic E-state index is 9.05. The largest absolute Gasteiger partial charge is 0.264 e. The van der Waals surface area contributed by atoms with Crippen LogP contribution in [0.25, 0.3) is 0 Å². The highest BCUT2D eigenvalue weighted by Crippen LogP contribution is 2.42. The zero-order chi connectivity index (χ0) is 10.7. The number of nitrogens with zero attached hydrogens (tertiary/aromatic N) is 2. The van der Waals surface area contributed by atoms with E-state index in [0.29, 0.717) is 5.92 Å².